The number of hydrogen-bond donors (Lipinski definition) is 2. The first kappa shape index (κ1) is 16.5. The van der Waals surface area contributed by atoms with Crippen LogP contribution in [0.2, 0.25) is 0 Å². The number of benzene rings is 1. The van der Waals surface area contributed by atoms with Crippen LogP contribution in [-0.4, -0.2) is 30.6 Å². The molecule has 0 atom stereocenters. The molecule has 20 heavy (non-hydrogen) atoms. The zero-order valence-electron chi connectivity index (χ0n) is 11.3. The van der Waals surface area contributed by atoms with E-state index in [0.29, 0.717) is 24.3 Å². The molecular weight excluding hydrogens is 326 g/mol. The second-order valence-corrected chi connectivity index (χ2v) is 5.16. The lowest BCUT2D eigenvalue weighted by molar-refractivity contribution is -0.137. The van der Waals surface area contributed by atoms with Crippen molar-refractivity contribution in [2.24, 2.45) is 0 Å². The summed E-state index contributed by atoms with van der Waals surface area (Å²) in [6, 6.07) is 5.13. The summed E-state index contributed by atoms with van der Waals surface area (Å²) in [7, 11) is 1.57. The molecule has 6 heteroatoms. The first-order chi connectivity index (χ1) is 9.54. The van der Waals surface area contributed by atoms with Gasteiger partial charge in [-0.2, -0.15) is 0 Å². The molecular formula is C14H18BrNO4. The Morgan fingerprint density at radius 2 is 2.05 bits per heavy atom. The van der Waals surface area contributed by atoms with Crippen LogP contribution in [0, 0.1) is 0 Å². The first-order valence-electron chi connectivity index (χ1n) is 6.38. The fourth-order valence-electron chi connectivity index (χ4n) is 1.69. The van der Waals surface area contributed by atoms with E-state index in [-0.39, 0.29) is 12.3 Å². The number of rotatable bonds is 8. The fraction of sp³-hybridized carbons (Fsp3) is 0.429. The molecule has 0 aliphatic heterocycles. The van der Waals surface area contributed by atoms with Gasteiger partial charge < -0.3 is 15.2 Å². The Morgan fingerprint density at radius 3 is 2.65 bits per heavy atom. The lowest BCUT2D eigenvalue weighted by Crippen LogP contribution is -2.24. The first-order valence-corrected chi connectivity index (χ1v) is 7.17. The number of nitrogens with one attached hydrogen (secondary N) is 1. The number of hydrogen-bond acceptors (Lipinski definition) is 3. The molecule has 5 nitrogen and oxygen atoms in total. The fourth-order valence-corrected chi connectivity index (χ4v) is 2.23. The van der Waals surface area contributed by atoms with E-state index < -0.39 is 5.97 Å². The van der Waals surface area contributed by atoms with Gasteiger partial charge in [-0.25, -0.2) is 0 Å². The molecule has 2 N–H and O–H groups in total. The number of aliphatic carboxylic acids is 1. The summed E-state index contributed by atoms with van der Waals surface area (Å²) in [5.41, 5.74) is 0.559. The molecule has 0 fully saturated rings. The summed E-state index contributed by atoms with van der Waals surface area (Å²) in [5, 5.41) is 11.3. The molecule has 1 rings (SSSR count). The Labute approximate surface area is 126 Å². The molecule has 0 aromatic heterocycles. The van der Waals surface area contributed by atoms with Crippen LogP contribution in [0.15, 0.2) is 22.7 Å². The molecule has 0 aliphatic carbocycles. The van der Waals surface area contributed by atoms with Gasteiger partial charge in [0, 0.05) is 18.5 Å². The Balaban J connectivity index is 2.32. The van der Waals surface area contributed by atoms with Crippen molar-refractivity contribution in [3.63, 3.8) is 0 Å². The number of carboxylic acid groups (broad SMARTS) is 1. The number of unbranched alkanes of at least 4 members (excludes halogenated alkanes) is 2. The largest absolute Gasteiger partial charge is 0.496 e. The van der Waals surface area contributed by atoms with Gasteiger partial charge in [0.2, 0.25) is 0 Å². The predicted molar refractivity (Wildman–Crippen MR) is 79.1 cm³/mol. The van der Waals surface area contributed by atoms with Crippen molar-refractivity contribution < 1.29 is 19.4 Å². The average Bonchev–Trinajstić information content (AvgIpc) is 2.42. The van der Waals surface area contributed by atoms with E-state index in [1.807, 2.05) is 0 Å². The van der Waals surface area contributed by atoms with Gasteiger partial charge in [-0.05, 0) is 47.0 Å². The highest BCUT2D eigenvalue weighted by Gasteiger charge is 2.08. The van der Waals surface area contributed by atoms with E-state index in [9.17, 15) is 9.59 Å². The van der Waals surface area contributed by atoms with Gasteiger partial charge in [-0.3, -0.25) is 9.59 Å². The molecule has 0 unspecified atom stereocenters. The molecule has 0 saturated heterocycles. The van der Waals surface area contributed by atoms with Crippen LogP contribution in [-0.2, 0) is 4.79 Å². The maximum atomic E-state index is 11.9. The Kier molecular flexibility index (Phi) is 7.08. The van der Waals surface area contributed by atoms with Gasteiger partial charge in [-0.1, -0.05) is 6.42 Å². The van der Waals surface area contributed by atoms with E-state index in [4.69, 9.17) is 9.84 Å². The zero-order valence-corrected chi connectivity index (χ0v) is 12.9. The molecule has 0 saturated carbocycles. The maximum Gasteiger partial charge on any atom is 0.303 e. The quantitative estimate of drug-likeness (QED) is 0.711. The van der Waals surface area contributed by atoms with Gasteiger partial charge in [0.1, 0.15) is 5.75 Å². The number of halogens is 1. The monoisotopic (exact) mass is 343 g/mol. The third-order valence-corrected chi connectivity index (χ3v) is 3.39. The number of carboxylic acids is 1. The maximum absolute atomic E-state index is 11.9. The van der Waals surface area contributed by atoms with Crippen LogP contribution in [0.5, 0.6) is 5.75 Å². The number of carbonyl (C=O) groups excluding carboxylic acids is 1. The third-order valence-electron chi connectivity index (χ3n) is 2.77. The molecule has 110 valence electrons. The second-order valence-electron chi connectivity index (χ2n) is 4.31. The normalized spacial score (nSPS) is 10.1. The van der Waals surface area contributed by atoms with Crippen LogP contribution in [0.4, 0.5) is 0 Å². The van der Waals surface area contributed by atoms with Crippen molar-refractivity contribution in [3.8, 4) is 5.75 Å². The van der Waals surface area contributed by atoms with Crippen molar-refractivity contribution in [2.75, 3.05) is 13.7 Å². The summed E-state index contributed by atoms with van der Waals surface area (Å²) in [6.07, 6.45) is 2.38. The standard InChI is InChI=1S/C14H18BrNO4/c1-20-12-7-6-10(9-11(12)15)14(19)16-8-4-2-3-5-13(17)18/h6-7,9H,2-5,8H2,1H3,(H,16,19)(H,17,18). The minimum absolute atomic E-state index is 0.147. The van der Waals surface area contributed by atoms with E-state index in [2.05, 4.69) is 21.2 Å². The number of methoxy groups -OCH3 is 1. The summed E-state index contributed by atoms with van der Waals surface area (Å²) in [5.74, 6) is -0.251. The molecule has 1 aromatic rings. The highest BCUT2D eigenvalue weighted by Crippen LogP contribution is 2.25. The smallest absolute Gasteiger partial charge is 0.303 e. The van der Waals surface area contributed by atoms with Crippen molar-refractivity contribution in [3.05, 3.63) is 28.2 Å². The predicted octanol–water partition coefficient (Wildman–Crippen LogP) is 2.83. The van der Waals surface area contributed by atoms with Gasteiger partial charge >= 0.3 is 5.97 Å². The van der Waals surface area contributed by atoms with Gasteiger partial charge in [-0.15, -0.1) is 0 Å². The van der Waals surface area contributed by atoms with Crippen LogP contribution >= 0.6 is 15.9 Å². The van der Waals surface area contributed by atoms with Crippen LogP contribution in [0.1, 0.15) is 36.0 Å². The minimum atomic E-state index is -0.780. The number of ether oxygens (including phenoxy) is 1. The topological polar surface area (TPSA) is 75.6 Å². The molecule has 0 radical (unpaired) electrons. The number of carbonyl (C=O) groups is 2. The molecule has 1 aromatic carbocycles. The van der Waals surface area contributed by atoms with E-state index >= 15 is 0 Å². The summed E-state index contributed by atoms with van der Waals surface area (Å²) < 4.78 is 5.83. The molecule has 1 amide bonds. The van der Waals surface area contributed by atoms with Crippen molar-refractivity contribution in [1.29, 1.82) is 0 Å². The van der Waals surface area contributed by atoms with Crippen LogP contribution < -0.4 is 10.1 Å². The van der Waals surface area contributed by atoms with Crippen LogP contribution in [0.25, 0.3) is 0 Å². The Bertz CT molecular complexity index is 476. The summed E-state index contributed by atoms with van der Waals surface area (Å²) >= 11 is 3.33. The van der Waals surface area contributed by atoms with Gasteiger partial charge in [0.05, 0.1) is 11.6 Å². The molecule has 0 bridgehead atoms. The lowest BCUT2D eigenvalue weighted by Gasteiger charge is -2.07. The summed E-state index contributed by atoms with van der Waals surface area (Å²) in [4.78, 5) is 22.2. The van der Waals surface area contributed by atoms with Crippen LogP contribution in [0.3, 0.4) is 0 Å². The lowest BCUT2D eigenvalue weighted by atomic mass is 10.2. The molecule has 0 heterocycles. The summed E-state index contributed by atoms with van der Waals surface area (Å²) in [6.45, 7) is 0.544. The van der Waals surface area contributed by atoms with Gasteiger partial charge in [0.15, 0.2) is 0 Å². The van der Waals surface area contributed by atoms with Crippen molar-refractivity contribution in [1.82, 2.24) is 5.32 Å². The van der Waals surface area contributed by atoms with Crippen molar-refractivity contribution in [2.45, 2.75) is 25.7 Å². The number of amides is 1. The third kappa shape index (κ3) is 5.61. The van der Waals surface area contributed by atoms with Gasteiger partial charge in [0.25, 0.3) is 5.91 Å². The van der Waals surface area contributed by atoms with Crippen molar-refractivity contribution >= 4 is 27.8 Å². The highest BCUT2D eigenvalue weighted by atomic mass is 79.9. The Morgan fingerprint density at radius 1 is 1.30 bits per heavy atom. The van der Waals surface area contributed by atoms with E-state index in [0.717, 1.165) is 17.3 Å². The Hall–Kier alpha value is -1.56. The molecule has 0 spiro atoms. The SMILES string of the molecule is COc1ccc(C(=O)NCCCCCC(=O)O)cc1Br. The highest BCUT2D eigenvalue weighted by molar-refractivity contribution is 9.10. The minimum Gasteiger partial charge on any atom is -0.496 e. The second kappa shape index (κ2) is 8.58. The average molecular weight is 344 g/mol. The van der Waals surface area contributed by atoms with E-state index in [1.54, 1.807) is 25.3 Å². The molecule has 0 aliphatic rings. The van der Waals surface area contributed by atoms with E-state index in [1.165, 1.54) is 0 Å². The zero-order chi connectivity index (χ0) is 15.0.